The Morgan fingerprint density at radius 3 is 1.50 bits per heavy atom. The van der Waals surface area contributed by atoms with Crippen LogP contribution in [-0.2, 0) is 27.5 Å². The van der Waals surface area contributed by atoms with E-state index in [1.807, 2.05) is 6.92 Å². The van der Waals surface area contributed by atoms with Gasteiger partial charge in [-0.15, -0.1) is 0 Å². The van der Waals surface area contributed by atoms with Gasteiger partial charge in [0.15, 0.2) is 16.6 Å². The van der Waals surface area contributed by atoms with E-state index in [0.717, 1.165) is 25.7 Å². The number of ether oxygens (including phenoxy) is 3. The number of hydrogen-bond donors (Lipinski definition) is 1. The first-order chi connectivity index (χ1) is 21.1. The lowest BCUT2D eigenvalue weighted by Gasteiger charge is -2.52. The molecule has 0 radical (unpaired) electrons. The molecule has 272 valence electrons. The largest absolute Gasteiger partial charge is 0.416 e. The molecule has 0 saturated carbocycles. The van der Waals surface area contributed by atoms with Crippen molar-refractivity contribution in [2.75, 3.05) is 13.2 Å². The fourth-order valence-electron chi connectivity index (χ4n) is 9.60. The summed E-state index contributed by atoms with van der Waals surface area (Å²) in [5.41, 5.74) is 2.63. The van der Waals surface area contributed by atoms with Crippen LogP contribution in [0.3, 0.4) is 0 Å². The Bertz CT molecular complexity index is 909. The van der Waals surface area contributed by atoms with Crippen LogP contribution in [0.4, 0.5) is 0 Å². The Kier molecular flexibility index (Phi) is 13.9. The Morgan fingerprint density at radius 1 is 0.674 bits per heavy atom. The summed E-state index contributed by atoms with van der Waals surface area (Å²) in [6.07, 6.45) is 2.89. The lowest BCUT2D eigenvalue weighted by molar-refractivity contribution is -0.241. The van der Waals surface area contributed by atoms with Crippen LogP contribution < -0.4 is 0 Å². The smallest absolute Gasteiger partial charge is 0.200 e. The molecule has 0 aromatic heterocycles. The van der Waals surface area contributed by atoms with Crippen LogP contribution in [0.5, 0.6) is 0 Å². The molecule has 0 aliphatic carbocycles. The zero-order valence-corrected chi connectivity index (χ0v) is 35.6. The minimum Gasteiger partial charge on any atom is -0.416 e. The molecule has 0 amide bonds. The molecule has 3 rings (SSSR count). The fourth-order valence-corrected chi connectivity index (χ4v) is 21.8. The monoisotopic (exact) mass is 702 g/mol. The zero-order chi connectivity index (χ0) is 35.0. The van der Waals surface area contributed by atoms with Gasteiger partial charge in [0.05, 0.1) is 49.3 Å². The van der Waals surface area contributed by atoms with E-state index in [1.54, 1.807) is 0 Å². The van der Waals surface area contributed by atoms with Crippen molar-refractivity contribution in [1.82, 2.24) is 0 Å². The number of aliphatic hydroxyl groups excluding tert-OH is 1. The van der Waals surface area contributed by atoms with Crippen molar-refractivity contribution in [3.05, 3.63) is 0 Å². The second kappa shape index (κ2) is 15.7. The predicted molar refractivity (Wildman–Crippen MR) is 197 cm³/mol. The Labute approximate surface area is 286 Å². The molecule has 3 heterocycles. The Hall–Kier alpha value is 0.371. The van der Waals surface area contributed by atoms with Gasteiger partial charge in [0.25, 0.3) is 0 Å². The third kappa shape index (κ3) is 8.80. The molecule has 10 heteroatoms. The van der Waals surface area contributed by atoms with Gasteiger partial charge in [-0.1, -0.05) is 83.1 Å². The topological polar surface area (TPSA) is 78.9 Å². The van der Waals surface area contributed by atoms with Gasteiger partial charge in [-0.25, -0.2) is 0 Å². The summed E-state index contributed by atoms with van der Waals surface area (Å²) in [5.74, 6) is 0. The minimum absolute atomic E-state index is 0.0107. The maximum absolute atomic E-state index is 9.89. The summed E-state index contributed by atoms with van der Waals surface area (Å²) in [5, 5.41) is 9.89. The Morgan fingerprint density at radius 2 is 1.11 bits per heavy atom. The van der Waals surface area contributed by atoms with Crippen molar-refractivity contribution in [2.24, 2.45) is 0 Å². The van der Waals surface area contributed by atoms with E-state index < -0.39 is 30.6 Å². The predicted octanol–water partition coefficient (Wildman–Crippen LogP) is 9.20. The van der Waals surface area contributed by atoms with E-state index >= 15 is 0 Å². The molecule has 0 aromatic carbocycles. The van der Waals surface area contributed by atoms with E-state index in [4.69, 9.17) is 27.5 Å². The van der Waals surface area contributed by atoms with E-state index in [9.17, 15) is 5.11 Å². The molecule has 0 unspecified atom stereocenters. The summed E-state index contributed by atoms with van der Waals surface area (Å²) in [6.45, 7) is 37.8. The highest BCUT2D eigenvalue weighted by Gasteiger charge is 2.57. The van der Waals surface area contributed by atoms with Crippen molar-refractivity contribution in [3.8, 4) is 0 Å². The molecule has 0 spiro atoms. The first-order valence-electron chi connectivity index (χ1n) is 18.7. The van der Waals surface area contributed by atoms with Crippen LogP contribution in [0.2, 0.25) is 52.9 Å². The summed E-state index contributed by atoms with van der Waals surface area (Å²) in [6, 6.07) is 0. The molecule has 3 fully saturated rings. The maximum atomic E-state index is 9.89. The number of fused-ring (bicyclic) bond motifs is 1. The molecular formula is C36H74O7Si3. The molecule has 3 aliphatic rings. The second-order valence-electron chi connectivity index (χ2n) is 17.9. The van der Waals surface area contributed by atoms with Crippen molar-refractivity contribution < 1.29 is 32.6 Å². The summed E-state index contributed by atoms with van der Waals surface area (Å²) in [4.78, 5) is 0. The lowest BCUT2D eigenvalue weighted by Crippen LogP contribution is -2.61. The summed E-state index contributed by atoms with van der Waals surface area (Å²) < 4.78 is 41.5. The summed E-state index contributed by atoms with van der Waals surface area (Å²) >= 11 is 0. The van der Waals surface area contributed by atoms with Gasteiger partial charge in [0, 0.05) is 25.9 Å². The van der Waals surface area contributed by atoms with E-state index in [0.29, 0.717) is 39.9 Å². The lowest BCUT2D eigenvalue weighted by atomic mass is 9.88. The van der Waals surface area contributed by atoms with Gasteiger partial charge >= 0.3 is 0 Å². The number of epoxide rings is 1. The first kappa shape index (κ1) is 40.8. The van der Waals surface area contributed by atoms with E-state index in [2.05, 4.69) is 103 Å². The van der Waals surface area contributed by atoms with Crippen molar-refractivity contribution in [3.63, 3.8) is 0 Å². The normalized spacial score (nSPS) is 32.8. The highest BCUT2D eigenvalue weighted by atomic mass is 28.4. The zero-order valence-electron chi connectivity index (χ0n) is 32.6. The maximum Gasteiger partial charge on any atom is 0.200 e. The van der Waals surface area contributed by atoms with Gasteiger partial charge < -0.3 is 32.6 Å². The molecule has 3 aliphatic heterocycles. The third-order valence-electron chi connectivity index (χ3n) is 11.7. The second-order valence-corrected chi connectivity index (χ2v) is 33.2. The minimum atomic E-state index is -2.18. The van der Waals surface area contributed by atoms with Crippen LogP contribution in [0, 0.1) is 0 Å². The van der Waals surface area contributed by atoms with Crippen LogP contribution in [0.1, 0.15) is 116 Å². The van der Waals surface area contributed by atoms with Crippen molar-refractivity contribution in [2.45, 2.75) is 217 Å². The van der Waals surface area contributed by atoms with E-state index in [1.165, 1.54) is 0 Å². The van der Waals surface area contributed by atoms with Crippen molar-refractivity contribution in [1.29, 1.82) is 0 Å². The average molecular weight is 703 g/mol. The van der Waals surface area contributed by atoms with Gasteiger partial charge in [0.2, 0.25) is 8.32 Å². The highest BCUT2D eigenvalue weighted by molar-refractivity contribution is 6.78. The number of rotatable bonds is 17. The quantitative estimate of drug-likeness (QED) is 0.120. The number of hydrogen-bond acceptors (Lipinski definition) is 7. The number of aliphatic hydroxyl groups is 1. The fraction of sp³-hybridized carbons (Fsp3) is 1.00. The van der Waals surface area contributed by atoms with Gasteiger partial charge in [-0.05, 0) is 66.2 Å². The molecular weight excluding hydrogens is 629 g/mol. The first-order valence-corrected chi connectivity index (χ1v) is 26.4. The van der Waals surface area contributed by atoms with Gasteiger partial charge in [-0.3, -0.25) is 0 Å². The molecule has 1 N–H and O–H groups in total. The standard InChI is InChI=1S/C36H74O7Si3/c1-23(2)45(24(3)4,25(5)6)38-18-17-29-33(43-46(26(7)8,27(9)10)28(11)12)19-31-30(39-29)20-34(42-44(14,15)16)32(40-31)21-35-36(13,22-37)41-35/h23-35,37H,17-22H2,1-16H3/t29-,30+,31-,32+,33+,34-,35-,36-/m0/s1. The molecule has 46 heavy (non-hydrogen) atoms. The van der Waals surface area contributed by atoms with Crippen LogP contribution in [-0.4, -0.2) is 91.6 Å². The average Bonchev–Trinajstić information content (AvgIpc) is 3.57. The SMILES string of the molecule is CC(C)[Si](OCC[C@@H]1O[C@@H]2C[C@H](O[Si](C)(C)C)[C@@H](C[C@@H]3O[C@@]3(C)CO)O[C@H]2C[C@H]1O[Si](C(C)C)(C(C)C)C(C)C)(C(C)C)C(C)C. The van der Waals surface area contributed by atoms with Crippen LogP contribution in [0.15, 0.2) is 0 Å². The summed E-state index contributed by atoms with van der Waals surface area (Å²) in [7, 11) is -6.03. The molecule has 7 nitrogen and oxygen atoms in total. The van der Waals surface area contributed by atoms with Gasteiger partial charge in [-0.2, -0.15) is 0 Å². The molecule has 0 aromatic rings. The molecule has 3 saturated heterocycles. The van der Waals surface area contributed by atoms with Gasteiger partial charge in [0.1, 0.15) is 5.60 Å². The Balaban J connectivity index is 1.91. The van der Waals surface area contributed by atoms with Crippen molar-refractivity contribution >= 4 is 25.0 Å². The van der Waals surface area contributed by atoms with Crippen LogP contribution >= 0.6 is 0 Å². The molecule has 8 atom stereocenters. The van der Waals surface area contributed by atoms with Crippen LogP contribution in [0.25, 0.3) is 0 Å². The highest BCUT2D eigenvalue weighted by Crippen LogP contribution is 2.48. The van der Waals surface area contributed by atoms with E-state index in [-0.39, 0.29) is 49.3 Å². The molecule has 0 bridgehead atoms. The third-order valence-corrected chi connectivity index (χ3v) is 25.0.